The fourth-order valence-corrected chi connectivity index (χ4v) is 1.93. The highest BCUT2D eigenvalue weighted by Gasteiger charge is 2.25. The fraction of sp³-hybridized carbons (Fsp3) is 0.250. The fourth-order valence-electron chi connectivity index (χ4n) is 1.93. The monoisotopic (exact) mass is 329 g/mol. The lowest BCUT2D eigenvalue weighted by Gasteiger charge is -2.20. The maximum Gasteiger partial charge on any atom is 0.277 e. The molecule has 8 nitrogen and oxygen atoms in total. The van der Waals surface area contributed by atoms with Crippen LogP contribution in [-0.4, -0.2) is 35.7 Å². The summed E-state index contributed by atoms with van der Waals surface area (Å²) in [5, 5.41) is 9.25. The molecule has 0 fully saturated rings. The van der Waals surface area contributed by atoms with Gasteiger partial charge in [0.25, 0.3) is 5.91 Å². The van der Waals surface area contributed by atoms with E-state index in [4.69, 9.17) is 11.5 Å². The highest BCUT2D eigenvalue weighted by Crippen LogP contribution is 2.19. The van der Waals surface area contributed by atoms with Crippen molar-refractivity contribution in [2.24, 2.45) is 5.73 Å². The quantitative estimate of drug-likeness (QED) is 0.455. The van der Waals surface area contributed by atoms with Gasteiger partial charge in [0, 0.05) is 38.8 Å². The van der Waals surface area contributed by atoms with Crippen LogP contribution in [0.15, 0.2) is 36.0 Å². The van der Waals surface area contributed by atoms with E-state index in [0.717, 1.165) is 16.0 Å². The van der Waals surface area contributed by atoms with E-state index >= 15 is 0 Å². The van der Waals surface area contributed by atoms with Crippen molar-refractivity contribution in [2.45, 2.75) is 13.8 Å². The van der Waals surface area contributed by atoms with Crippen molar-refractivity contribution >= 4 is 29.1 Å². The Morgan fingerprint density at radius 3 is 2.17 bits per heavy atom. The molecule has 1 aromatic rings. The van der Waals surface area contributed by atoms with Crippen LogP contribution in [-0.2, 0) is 14.4 Å². The van der Waals surface area contributed by atoms with Crippen molar-refractivity contribution < 1.29 is 14.4 Å². The Morgan fingerprint density at radius 1 is 1.17 bits per heavy atom. The normalized spacial score (nSPS) is 10.7. The van der Waals surface area contributed by atoms with Gasteiger partial charge in [-0.3, -0.25) is 14.4 Å². The van der Waals surface area contributed by atoms with E-state index in [1.165, 1.54) is 38.1 Å². The Labute approximate surface area is 139 Å². The van der Waals surface area contributed by atoms with E-state index < -0.39 is 11.8 Å². The van der Waals surface area contributed by atoms with E-state index in [1.807, 2.05) is 0 Å². The van der Waals surface area contributed by atoms with Gasteiger partial charge >= 0.3 is 0 Å². The average molecular weight is 329 g/mol. The SMILES string of the molecule is CC(=O)N(/C=C(/C#N)C(=O)N(C(C)=O)c1ccc(N)cc1)CCN. The molecule has 0 spiro atoms. The van der Waals surface area contributed by atoms with Crippen LogP contribution in [0.5, 0.6) is 0 Å². The molecule has 1 aromatic carbocycles. The van der Waals surface area contributed by atoms with Gasteiger partial charge in [-0.1, -0.05) is 0 Å². The molecule has 0 unspecified atom stereocenters. The van der Waals surface area contributed by atoms with Gasteiger partial charge in [-0.2, -0.15) is 5.26 Å². The number of amides is 3. The Morgan fingerprint density at radius 2 is 1.75 bits per heavy atom. The number of nitrogens with zero attached hydrogens (tertiary/aromatic N) is 3. The van der Waals surface area contributed by atoms with Crippen molar-refractivity contribution in [2.75, 3.05) is 23.7 Å². The standard InChI is InChI=1S/C16H19N5O3/c1-11(22)20(8-7-17)10-13(9-18)16(24)21(12(2)23)15-5-3-14(19)4-6-15/h3-6,10H,7-8,17,19H2,1-2H3/b13-10-. The first kappa shape index (κ1) is 18.9. The first-order valence-corrected chi connectivity index (χ1v) is 7.11. The zero-order valence-electron chi connectivity index (χ0n) is 13.5. The molecule has 0 atom stereocenters. The van der Waals surface area contributed by atoms with Crippen LogP contribution in [0, 0.1) is 11.3 Å². The van der Waals surface area contributed by atoms with E-state index in [9.17, 15) is 19.6 Å². The van der Waals surface area contributed by atoms with Crippen LogP contribution in [0.3, 0.4) is 0 Å². The average Bonchev–Trinajstić information content (AvgIpc) is 2.52. The van der Waals surface area contributed by atoms with Gasteiger partial charge < -0.3 is 16.4 Å². The smallest absolute Gasteiger partial charge is 0.277 e. The zero-order valence-corrected chi connectivity index (χ0v) is 13.5. The summed E-state index contributed by atoms with van der Waals surface area (Å²) in [7, 11) is 0. The second kappa shape index (κ2) is 8.45. The summed E-state index contributed by atoms with van der Waals surface area (Å²) in [4.78, 5) is 38.0. The molecule has 0 saturated carbocycles. The first-order chi connectivity index (χ1) is 11.3. The summed E-state index contributed by atoms with van der Waals surface area (Å²) >= 11 is 0. The lowest BCUT2D eigenvalue weighted by Crippen LogP contribution is -2.37. The van der Waals surface area contributed by atoms with Crippen LogP contribution >= 0.6 is 0 Å². The molecular weight excluding hydrogens is 310 g/mol. The maximum atomic E-state index is 12.6. The van der Waals surface area contributed by atoms with Gasteiger partial charge in [0.2, 0.25) is 11.8 Å². The molecule has 0 saturated heterocycles. The van der Waals surface area contributed by atoms with Gasteiger partial charge in [-0.15, -0.1) is 0 Å². The van der Waals surface area contributed by atoms with Crippen molar-refractivity contribution in [1.82, 2.24) is 4.90 Å². The molecule has 0 aliphatic heterocycles. The molecule has 126 valence electrons. The summed E-state index contributed by atoms with van der Waals surface area (Å²) in [6.07, 6.45) is 1.10. The molecule has 0 aromatic heterocycles. The molecule has 24 heavy (non-hydrogen) atoms. The summed E-state index contributed by atoms with van der Waals surface area (Å²) in [5.41, 5.74) is 11.4. The number of rotatable bonds is 5. The van der Waals surface area contributed by atoms with Crippen molar-refractivity contribution in [3.63, 3.8) is 0 Å². The van der Waals surface area contributed by atoms with Crippen molar-refractivity contribution in [1.29, 1.82) is 5.26 Å². The molecule has 8 heteroatoms. The Kier molecular flexibility index (Phi) is 6.64. The van der Waals surface area contributed by atoms with Gasteiger partial charge in [0.05, 0.1) is 5.69 Å². The van der Waals surface area contributed by atoms with Crippen LogP contribution < -0.4 is 16.4 Å². The number of nitrogens with two attached hydrogens (primary N) is 2. The number of anilines is 2. The van der Waals surface area contributed by atoms with Crippen LogP contribution in [0.25, 0.3) is 0 Å². The topological polar surface area (TPSA) is 134 Å². The van der Waals surface area contributed by atoms with E-state index in [2.05, 4.69) is 0 Å². The third-order valence-electron chi connectivity index (χ3n) is 3.08. The Balaban J connectivity index is 3.25. The first-order valence-electron chi connectivity index (χ1n) is 7.11. The maximum absolute atomic E-state index is 12.6. The summed E-state index contributed by atoms with van der Waals surface area (Å²) in [6.45, 7) is 2.80. The molecule has 0 aliphatic carbocycles. The lowest BCUT2D eigenvalue weighted by atomic mass is 10.2. The number of hydrogen-bond acceptors (Lipinski definition) is 6. The summed E-state index contributed by atoms with van der Waals surface area (Å²) in [6, 6.07) is 7.77. The highest BCUT2D eigenvalue weighted by molar-refractivity contribution is 6.21. The third-order valence-corrected chi connectivity index (χ3v) is 3.08. The Hall–Kier alpha value is -3.18. The van der Waals surface area contributed by atoms with Gasteiger partial charge in [-0.25, -0.2) is 4.90 Å². The van der Waals surface area contributed by atoms with Gasteiger partial charge in [0.1, 0.15) is 11.6 Å². The second-order valence-electron chi connectivity index (χ2n) is 4.91. The number of benzene rings is 1. The largest absolute Gasteiger partial charge is 0.399 e. The van der Waals surface area contributed by atoms with Crippen LogP contribution in [0.1, 0.15) is 13.8 Å². The zero-order chi connectivity index (χ0) is 18.3. The van der Waals surface area contributed by atoms with E-state index in [0.29, 0.717) is 5.69 Å². The number of carbonyl (C=O) groups excluding carboxylic acids is 3. The molecular formula is C16H19N5O3. The van der Waals surface area contributed by atoms with E-state index in [1.54, 1.807) is 6.07 Å². The second-order valence-corrected chi connectivity index (χ2v) is 4.91. The minimum atomic E-state index is -0.835. The highest BCUT2D eigenvalue weighted by atomic mass is 16.2. The molecule has 0 heterocycles. The van der Waals surface area contributed by atoms with Crippen molar-refractivity contribution in [3.8, 4) is 6.07 Å². The molecule has 3 amide bonds. The predicted molar refractivity (Wildman–Crippen MR) is 89.2 cm³/mol. The number of nitriles is 1. The van der Waals surface area contributed by atoms with Gasteiger partial charge in [-0.05, 0) is 24.3 Å². The number of nitrogen functional groups attached to an aromatic ring is 1. The van der Waals surface area contributed by atoms with E-state index in [-0.39, 0.29) is 30.3 Å². The molecule has 0 bridgehead atoms. The number of hydrogen-bond donors (Lipinski definition) is 2. The number of carbonyl (C=O) groups is 3. The molecule has 0 radical (unpaired) electrons. The minimum Gasteiger partial charge on any atom is -0.399 e. The summed E-state index contributed by atoms with van der Waals surface area (Å²) in [5.74, 6) is -1.78. The molecule has 0 aliphatic rings. The lowest BCUT2D eigenvalue weighted by molar-refractivity contribution is -0.126. The molecule has 1 rings (SSSR count). The predicted octanol–water partition coefficient (Wildman–Crippen LogP) is 0.363. The number of imide groups is 1. The molecule has 4 N–H and O–H groups in total. The van der Waals surface area contributed by atoms with Crippen molar-refractivity contribution in [3.05, 3.63) is 36.0 Å². The van der Waals surface area contributed by atoms with Crippen LogP contribution in [0.4, 0.5) is 11.4 Å². The van der Waals surface area contributed by atoms with Crippen LogP contribution in [0.2, 0.25) is 0 Å². The minimum absolute atomic E-state index is 0.149. The summed E-state index contributed by atoms with van der Waals surface area (Å²) < 4.78 is 0. The Bertz CT molecular complexity index is 703. The van der Waals surface area contributed by atoms with Gasteiger partial charge in [0.15, 0.2) is 0 Å². The third kappa shape index (κ3) is 4.66.